The molecule has 0 aliphatic rings. The highest BCUT2D eigenvalue weighted by atomic mass is 32.1. The third kappa shape index (κ3) is 7.82. The van der Waals surface area contributed by atoms with E-state index in [0.29, 0.717) is 0 Å². The van der Waals surface area contributed by atoms with Crippen molar-refractivity contribution >= 4 is 55.4 Å². The number of hydrogen-bond acceptors (Lipinski definition) is 4. The Hall–Kier alpha value is -7.24. The number of anilines is 6. The van der Waals surface area contributed by atoms with Crippen molar-refractivity contribution in [2.75, 3.05) is 9.80 Å². The first-order valence-corrected chi connectivity index (χ1v) is 21.8. The van der Waals surface area contributed by atoms with Crippen LogP contribution in [0.5, 0.6) is 0 Å². The van der Waals surface area contributed by atoms with Crippen LogP contribution in [0.2, 0.25) is 0 Å². The Bertz CT molecular complexity index is 2710. The zero-order chi connectivity index (χ0) is 40.1. The molecule has 2 aromatic heterocycles. The summed E-state index contributed by atoms with van der Waals surface area (Å²) in [6, 6.07) is 87.0. The summed E-state index contributed by atoms with van der Waals surface area (Å²) < 4.78 is 0. The lowest BCUT2D eigenvalue weighted by molar-refractivity contribution is 1.31. The molecule has 0 fully saturated rings. The number of benzene rings is 8. The highest BCUT2D eigenvalue weighted by molar-refractivity contribution is 7.19. The summed E-state index contributed by atoms with van der Waals surface area (Å²) in [5.74, 6) is 0. The van der Waals surface area contributed by atoms with Gasteiger partial charge in [-0.05, 0) is 117 Å². The fourth-order valence-electron chi connectivity index (χ4n) is 7.69. The van der Waals surface area contributed by atoms with E-state index in [9.17, 15) is 0 Å². The molecule has 0 radical (unpaired) electrons. The summed E-state index contributed by atoms with van der Waals surface area (Å²) in [4.78, 5) is 7.18. The molecule has 2 heterocycles. The first kappa shape index (κ1) is 37.1. The van der Waals surface area contributed by atoms with Gasteiger partial charge in [-0.3, -0.25) is 0 Å². The highest BCUT2D eigenvalue weighted by Gasteiger charge is 2.18. The minimum Gasteiger partial charge on any atom is -0.302 e. The average molecular weight is 805 g/mol. The summed E-state index contributed by atoms with van der Waals surface area (Å²) in [5.41, 5.74) is 14.2. The quantitative estimate of drug-likeness (QED) is 0.128. The molecule has 0 saturated carbocycles. The average Bonchev–Trinajstić information content (AvgIpc) is 4.03. The molecule has 0 bridgehead atoms. The standard InChI is InChI=1S/C56H40N2S2/c1-5-13-41(14-6-1)43-21-25-47(26-22-43)53-37-39-55(59-53)57(49-17-9-3-10-18-49)51-33-29-45(30-34-51)46-31-35-52(36-32-46)58(50-19-11-4-12-20-50)56-40-38-54(60-56)48-27-23-44(24-28-48)42-15-7-2-8-16-42/h1-40H. The van der Waals surface area contributed by atoms with Crippen molar-refractivity contribution in [2.24, 2.45) is 0 Å². The molecular formula is C56H40N2S2. The van der Waals surface area contributed by atoms with Gasteiger partial charge in [0.15, 0.2) is 0 Å². The molecule has 4 heteroatoms. The fraction of sp³-hybridized carbons (Fsp3) is 0. The van der Waals surface area contributed by atoms with Crippen LogP contribution >= 0.6 is 22.7 Å². The molecule has 2 nitrogen and oxygen atoms in total. The Labute approximate surface area is 360 Å². The molecule has 0 unspecified atom stereocenters. The third-order valence-electron chi connectivity index (χ3n) is 10.8. The lowest BCUT2D eigenvalue weighted by Crippen LogP contribution is -2.08. The van der Waals surface area contributed by atoms with Gasteiger partial charge in [0.05, 0.1) is 0 Å². The summed E-state index contributed by atoms with van der Waals surface area (Å²) >= 11 is 3.62. The molecule has 8 aromatic carbocycles. The van der Waals surface area contributed by atoms with Gasteiger partial charge in [-0.25, -0.2) is 0 Å². The smallest absolute Gasteiger partial charge is 0.101 e. The maximum atomic E-state index is 2.35. The van der Waals surface area contributed by atoms with Crippen molar-refractivity contribution in [1.82, 2.24) is 0 Å². The number of para-hydroxylation sites is 2. The van der Waals surface area contributed by atoms with E-state index in [-0.39, 0.29) is 0 Å². The van der Waals surface area contributed by atoms with Gasteiger partial charge in [0, 0.05) is 32.5 Å². The first-order valence-electron chi connectivity index (χ1n) is 20.2. The van der Waals surface area contributed by atoms with Crippen LogP contribution in [0.15, 0.2) is 243 Å². The lowest BCUT2D eigenvalue weighted by Gasteiger charge is -2.24. The van der Waals surface area contributed by atoms with Crippen LogP contribution in [-0.2, 0) is 0 Å². The molecule has 0 spiro atoms. The lowest BCUT2D eigenvalue weighted by atomic mass is 10.0. The largest absolute Gasteiger partial charge is 0.302 e. The summed E-state index contributed by atoms with van der Waals surface area (Å²) in [6.45, 7) is 0. The van der Waals surface area contributed by atoms with E-state index in [1.165, 1.54) is 64.3 Å². The number of hydrogen-bond donors (Lipinski definition) is 0. The normalized spacial score (nSPS) is 11.0. The van der Waals surface area contributed by atoms with Gasteiger partial charge in [-0.15, -0.1) is 22.7 Å². The van der Waals surface area contributed by atoms with Gasteiger partial charge >= 0.3 is 0 Å². The second-order valence-electron chi connectivity index (χ2n) is 14.6. The molecule has 60 heavy (non-hydrogen) atoms. The molecule has 10 aromatic rings. The monoisotopic (exact) mass is 804 g/mol. The molecule has 0 aliphatic heterocycles. The predicted octanol–water partition coefficient (Wildman–Crippen LogP) is 17.1. The predicted molar refractivity (Wildman–Crippen MR) is 259 cm³/mol. The maximum absolute atomic E-state index is 2.35. The molecule has 0 aliphatic carbocycles. The zero-order valence-electron chi connectivity index (χ0n) is 32.8. The van der Waals surface area contributed by atoms with E-state index < -0.39 is 0 Å². The van der Waals surface area contributed by atoms with Gasteiger partial charge < -0.3 is 9.80 Å². The molecule has 286 valence electrons. The van der Waals surface area contributed by atoms with Crippen molar-refractivity contribution in [3.63, 3.8) is 0 Å². The number of thiophene rings is 2. The fourth-order valence-corrected chi connectivity index (χ4v) is 9.80. The van der Waals surface area contributed by atoms with Gasteiger partial charge in [0.2, 0.25) is 0 Å². The number of nitrogens with zero attached hydrogens (tertiary/aromatic N) is 2. The van der Waals surface area contributed by atoms with Crippen LogP contribution in [0, 0.1) is 0 Å². The van der Waals surface area contributed by atoms with Crippen LogP contribution < -0.4 is 9.80 Å². The van der Waals surface area contributed by atoms with Crippen molar-refractivity contribution < 1.29 is 0 Å². The van der Waals surface area contributed by atoms with Crippen LogP contribution in [0.1, 0.15) is 0 Å². The van der Waals surface area contributed by atoms with Crippen molar-refractivity contribution in [1.29, 1.82) is 0 Å². The highest BCUT2D eigenvalue weighted by Crippen LogP contribution is 2.44. The summed E-state index contributed by atoms with van der Waals surface area (Å²) in [6.07, 6.45) is 0. The molecule has 0 atom stereocenters. The second kappa shape index (κ2) is 16.9. The first-order chi connectivity index (χ1) is 29.7. The molecule has 0 saturated heterocycles. The minimum absolute atomic E-state index is 1.12. The molecule has 0 amide bonds. The van der Waals surface area contributed by atoms with E-state index in [2.05, 4.69) is 252 Å². The van der Waals surface area contributed by atoms with E-state index in [1.807, 2.05) is 22.7 Å². The molecule has 0 N–H and O–H groups in total. The maximum Gasteiger partial charge on any atom is 0.101 e. The second-order valence-corrected chi connectivity index (χ2v) is 16.7. The molecule has 10 rings (SSSR count). The number of rotatable bonds is 11. The van der Waals surface area contributed by atoms with E-state index in [0.717, 1.165) is 22.7 Å². The summed E-state index contributed by atoms with van der Waals surface area (Å²) in [7, 11) is 0. The summed E-state index contributed by atoms with van der Waals surface area (Å²) in [5, 5.41) is 2.34. The van der Waals surface area contributed by atoms with Gasteiger partial charge in [0.25, 0.3) is 0 Å². The van der Waals surface area contributed by atoms with Crippen molar-refractivity contribution in [3.05, 3.63) is 243 Å². The Morgan fingerprint density at radius 3 is 0.783 bits per heavy atom. The van der Waals surface area contributed by atoms with Crippen molar-refractivity contribution in [3.8, 4) is 54.3 Å². The van der Waals surface area contributed by atoms with E-state index >= 15 is 0 Å². The Kier molecular flexibility index (Phi) is 10.5. The minimum atomic E-state index is 1.12. The van der Waals surface area contributed by atoms with Crippen LogP contribution in [-0.4, -0.2) is 0 Å². The topological polar surface area (TPSA) is 6.48 Å². The molecular weight excluding hydrogens is 765 g/mol. The van der Waals surface area contributed by atoms with Gasteiger partial charge in [-0.1, -0.05) is 170 Å². The van der Waals surface area contributed by atoms with Crippen molar-refractivity contribution in [2.45, 2.75) is 0 Å². The van der Waals surface area contributed by atoms with E-state index in [1.54, 1.807) is 0 Å². The van der Waals surface area contributed by atoms with Gasteiger partial charge in [-0.2, -0.15) is 0 Å². The Morgan fingerprint density at radius 2 is 0.450 bits per heavy atom. The van der Waals surface area contributed by atoms with Crippen LogP contribution in [0.4, 0.5) is 32.8 Å². The van der Waals surface area contributed by atoms with Crippen LogP contribution in [0.3, 0.4) is 0 Å². The van der Waals surface area contributed by atoms with E-state index in [4.69, 9.17) is 0 Å². The Balaban J connectivity index is 0.904. The Morgan fingerprint density at radius 1 is 0.200 bits per heavy atom. The SMILES string of the molecule is c1ccc(-c2ccc(-c3ccc(N(c4ccccc4)c4ccc(-c5ccc(N(c6ccccc6)c6ccc(-c7ccc(-c8ccccc8)cc7)s6)cc5)cc4)s3)cc2)cc1. The zero-order valence-corrected chi connectivity index (χ0v) is 34.4. The van der Waals surface area contributed by atoms with Gasteiger partial charge in [0.1, 0.15) is 10.0 Å². The third-order valence-corrected chi connectivity index (χ3v) is 13.0. The van der Waals surface area contributed by atoms with Crippen LogP contribution in [0.25, 0.3) is 54.3 Å².